The summed E-state index contributed by atoms with van der Waals surface area (Å²) in [5.74, 6) is 1.03. The molecule has 1 aromatic rings. The van der Waals surface area contributed by atoms with Gasteiger partial charge in [0.05, 0.1) is 11.7 Å². The van der Waals surface area contributed by atoms with Crippen LogP contribution in [0.1, 0.15) is 60.9 Å². The Morgan fingerprint density at radius 1 is 1.28 bits per heavy atom. The quantitative estimate of drug-likeness (QED) is 0.366. The van der Waals surface area contributed by atoms with Crippen LogP contribution in [0, 0.1) is 37.0 Å². The molecule has 1 saturated carbocycles. The number of nitroso groups, excluding NO2 is 1. The van der Waals surface area contributed by atoms with E-state index in [1.54, 1.807) is 0 Å². The fourth-order valence-electron chi connectivity index (χ4n) is 4.67. The fourth-order valence-corrected chi connectivity index (χ4v) is 4.67. The van der Waals surface area contributed by atoms with Crippen molar-refractivity contribution < 1.29 is 4.74 Å². The van der Waals surface area contributed by atoms with Crippen molar-refractivity contribution in [3.05, 3.63) is 39.1 Å². The zero-order valence-electron chi connectivity index (χ0n) is 17.8. The van der Waals surface area contributed by atoms with Crippen molar-refractivity contribution in [2.45, 2.75) is 77.8 Å². The molecule has 2 aliphatic rings. The number of hydrogen-bond donors (Lipinski definition) is 3. The smallest absolute Gasteiger partial charge is 0.217 e. The molecule has 1 fully saturated rings. The lowest BCUT2D eigenvalue weighted by molar-refractivity contribution is 0.263. The van der Waals surface area contributed by atoms with Crippen LogP contribution < -0.4 is 15.8 Å². The number of rotatable bonds is 7. The Kier molecular flexibility index (Phi) is 7.00. The number of aromatic nitrogens is 1. The van der Waals surface area contributed by atoms with Crippen molar-refractivity contribution in [2.24, 2.45) is 16.8 Å². The highest BCUT2D eigenvalue weighted by Gasteiger charge is 2.32. The van der Waals surface area contributed by atoms with E-state index in [0.717, 1.165) is 42.5 Å². The van der Waals surface area contributed by atoms with Gasteiger partial charge in [-0.05, 0) is 68.7 Å². The van der Waals surface area contributed by atoms with E-state index in [4.69, 9.17) is 15.9 Å². The van der Waals surface area contributed by atoms with E-state index in [-0.39, 0.29) is 24.5 Å². The van der Waals surface area contributed by atoms with Crippen molar-refractivity contribution in [2.75, 3.05) is 6.61 Å². The van der Waals surface area contributed by atoms with Crippen LogP contribution in [0.2, 0.25) is 0 Å². The van der Waals surface area contributed by atoms with Gasteiger partial charge in [0.2, 0.25) is 5.88 Å². The highest BCUT2D eigenvalue weighted by molar-refractivity contribution is 5.78. The van der Waals surface area contributed by atoms with Crippen LogP contribution in [-0.4, -0.2) is 29.5 Å². The van der Waals surface area contributed by atoms with Gasteiger partial charge in [-0.15, -0.1) is 4.91 Å². The average Bonchev–Trinajstić information content (AvgIpc) is 2.73. The monoisotopic (exact) mass is 399 g/mol. The van der Waals surface area contributed by atoms with Crippen LogP contribution in [0.5, 0.6) is 5.88 Å². The molecule has 0 amide bonds. The standard InChI is InChI=1S/C22H33N5O2/c1-13-14(2)22(29-12-20(23)24)25-15(3)18(13)11-17-9-10-19(27-28)21(26-17)16-7-5-4-6-8-16/h10,16-17,21,26H,4-9,11-12H2,1-3H3,(H3,23,24). The van der Waals surface area contributed by atoms with Crippen molar-refractivity contribution in [3.8, 4) is 5.88 Å². The third-order valence-corrected chi connectivity index (χ3v) is 6.43. The van der Waals surface area contributed by atoms with Crippen LogP contribution in [0.3, 0.4) is 0 Å². The molecular weight excluding hydrogens is 366 g/mol. The minimum Gasteiger partial charge on any atom is -0.469 e. The molecule has 7 heteroatoms. The van der Waals surface area contributed by atoms with Gasteiger partial charge in [0.15, 0.2) is 0 Å². The van der Waals surface area contributed by atoms with Crippen LogP contribution in [0.15, 0.2) is 16.9 Å². The van der Waals surface area contributed by atoms with Crippen molar-refractivity contribution in [1.82, 2.24) is 10.3 Å². The average molecular weight is 400 g/mol. The molecule has 3 rings (SSSR count). The maximum atomic E-state index is 11.4. The van der Waals surface area contributed by atoms with Crippen LogP contribution >= 0.6 is 0 Å². The van der Waals surface area contributed by atoms with E-state index < -0.39 is 0 Å². The largest absolute Gasteiger partial charge is 0.469 e. The number of nitrogens with zero attached hydrogens (tertiary/aromatic N) is 2. The maximum Gasteiger partial charge on any atom is 0.217 e. The Morgan fingerprint density at radius 2 is 2.00 bits per heavy atom. The summed E-state index contributed by atoms with van der Waals surface area (Å²) >= 11 is 0. The molecule has 2 atom stereocenters. The van der Waals surface area contributed by atoms with E-state index in [9.17, 15) is 4.91 Å². The van der Waals surface area contributed by atoms with E-state index in [1.807, 2.05) is 19.9 Å². The minimum absolute atomic E-state index is 0.0166. The molecule has 158 valence electrons. The van der Waals surface area contributed by atoms with Gasteiger partial charge in [-0.1, -0.05) is 25.3 Å². The molecule has 1 aliphatic carbocycles. The first-order valence-electron chi connectivity index (χ1n) is 10.6. The first-order valence-corrected chi connectivity index (χ1v) is 10.6. The normalized spacial score (nSPS) is 22.8. The number of ether oxygens (including phenoxy) is 1. The molecule has 0 saturated heterocycles. The molecule has 0 bridgehead atoms. The Bertz CT molecular complexity index is 799. The molecule has 1 aliphatic heterocycles. The summed E-state index contributed by atoms with van der Waals surface area (Å²) < 4.78 is 5.60. The summed E-state index contributed by atoms with van der Waals surface area (Å²) in [6.45, 7) is 6.13. The van der Waals surface area contributed by atoms with Gasteiger partial charge >= 0.3 is 0 Å². The van der Waals surface area contributed by atoms with Gasteiger partial charge in [0.25, 0.3) is 0 Å². The van der Waals surface area contributed by atoms with Gasteiger partial charge in [-0.2, -0.15) is 0 Å². The lowest BCUT2D eigenvalue weighted by Gasteiger charge is -2.36. The van der Waals surface area contributed by atoms with Crippen molar-refractivity contribution in [1.29, 1.82) is 5.41 Å². The predicted octanol–water partition coefficient (Wildman–Crippen LogP) is 3.83. The van der Waals surface area contributed by atoms with E-state index in [1.165, 1.54) is 24.8 Å². The zero-order valence-corrected chi connectivity index (χ0v) is 17.8. The van der Waals surface area contributed by atoms with Crippen LogP contribution in [0.4, 0.5) is 0 Å². The van der Waals surface area contributed by atoms with Crippen LogP contribution in [0.25, 0.3) is 0 Å². The van der Waals surface area contributed by atoms with E-state index in [2.05, 4.69) is 22.4 Å². The van der Waals surface area contributed by atoms with Gasteiger partial charge in [0.1, 0.15) is 12.4 Å². The Morgan fingerprint density at radius 3 is 2.66 bits per heavy atom. The van der Waals surface area contributed by atoms with Crippen molar-refractivity contribution in [3.63, 3.8) is 0 Å². The molecule has 2 heterocycles. The van der Waals surface area contributed by atoms with Gasteiger partial charge in [0, 0.05) is 17.3 Å². The van der Waals surface area contributed by atoms with E-state index in [0.29, 0.717) is 17.5 Å². The molecule has 29 heavy (non-hydrogen) atoms. The summed E-state index contributed by atoms with van der Waals surface area (Å²) in [6.07, 6.45) is 9.78. The maximum absolute atomic E-state index is 11.4. The van der Waals surface area contributed by atoms with Gasteiger partial charge in [-0.3, -0.25) is 5.41 Å². The van der Waals surface area contributed by atoms with Crippen LogP contribution in [-0.2, 0) is 6.42 Å². The molecule has 0 aromatic carbocycles. The minimum atomic E-state index is -0.0166. The lowest BCUT2D eigenvalue weighted by Crippen LogP contribution is -2.47. The highest BCUT2D eigenvalue weighted by Crippen LogP contribution is 2.33. The topological polar surface area (TPSA) is 113 Å². The van der Waals surface area contributed by atoms with E-state index >= 15 is 0 Å². The zero-order chi connectivity index (χ0) is 21.0. The number of nitrogens with two attached hydrogens (primary N) is 1. The number of amidine groups is 1. The van der Waals surface area contributed by atoms with Gasteiger partial charge in [-0.25, -0.2) is 4.98 Å². The molecule has 0 spiro atoms. The first kappa shape index (κ1) is 21.4. The molecule has 4 N–H and O–H groups in total. The van der Waals surface area contributed by atoms with Gasteiger partial charge < -0.3 is 15.8 Å². The first-order chi connectivity index (χ1) is 13.9. The molecule has 0 radical (unpaired) electrons. The third kappa shape index (κ3) is 5.01. The second-order valence-corrected chi connectivity index (χ2v) is 8.44. The number of hydrogen-bond acceptors (Lipinski definition) is 6. The number of nitrogens with one attached hydrogen (secondary N) is 2. The Labute approximate surface area is 173 Å². The summed E-state index contributed by atoms with van der Waals surface area (Å²) in [6, 6.07) is 0.328. The third-order valence-electron chi connectivity index (χ3n) is 6.43. The fraction of sp³-hybridized carbons (Fsp3) is 0.636. The summed E-state index contributed by atoms with van der Waals surface area (Å²) in [5.41, 5.74) is 10.4. The lowest BCUT2D eigenvalue weighted by atomic mass is 9.80. The second kappa shape index (κ2) is 9.48. The summed E-state index contributed by atoms with van der Waals surface area (Å²) in [7, 11) is 0. The Hall–Kier alpha value is -2.28. The predicted molar refractivity (Wildman–Crippen MR) is 115 cm³/mol. The molecule has 1 aromatic heterocycles. The molecule has 7 nitrogen and oxygen atoms in total. The summed E-state index contributed by atoms with van der Waals surface area (Å²) in [5, 5.41) is 14.4. The SMILES string of the molecule is Cc1nc(OCC(=N)N)c(C)c(C)c1CC1CC=C(N=O)C(C2CCCCC2)N1. The molecule has 2 unspecified atom stereocenters. The second-order valence-electron chi connectivity index (χ2n) is 8.44. The summed E-state index contributed by atoms with van der Waals surface area (Å²) in [4.78, 5) is 16.0. The van der Waals surface area contributed by atoms with Crippen molar-refractivity contribution >= 4 is 5.84 Å². The Balaban J connectivity index is 1.77. The molecular formula is C22H33N5O2. The number of pyridine rings is 1. The number of aryl methyl sites for hydroxylation is 1. The highest BCUT2D eigenvalue weighted by atomic mass is 16.5.